The molecule has 1 saturated carbocycles. The van der Waals surface area contributed by atoms with Crippen LogP contribution in [0.15, 0.2) is 47.6 Å². The van der Waals surface area contributed by atoms with Gasteiger partial charge in [0.05, 0.1) is 22.5 Å². The Hall–Kier alpha value is -3.24. The average Bonchev–Trinajstić information content (AvgIpc) is 3.40. The number of imide groups is 1. The van der Waals surface area contributed by atoms with Crippen LogP contribution in [0.1, 0.15) is 12.0 Å². The number of benzene rings is 1. The summed E-state index contributed by atoms with van der Waals surface area (Å²) in [5.41, 5.74) is -6.13. The van der Waals surface area contributed by atoms with Crippen LogP contribution in [0, 0.1) is 5.92 Å². The van der Waals surface area contributed by atoms with E-state index in [4.69, 9.17) is 0 Å². The molecule has 0 bridgehead atoms. The lowest BCUT2D eigenvalue weighted by Crippen LogP contribution is -2.35. The number of carbonyl (C=O) groups excluding carboxylic acids is 2. The number of anilines is 2. The van der Waals surface area contributed by atoms with Crippen LogP contribution >= 0.6 is 0 Å². The largest absolute Gasteiger partial charge is 0.501 e. The number of rotatable bonds is 7. The minimum Gasteiger partial charge on any atom is -0.322 e. The molecule has 188 valence electrons. The Morgan fingerprint density at radius 2 is 1.80 bits per heavy atom. The first kappa shape index (κ1) is 24.9. The van der Waals surface area contributed by atoms with E-state index in [1.807, 2.05) is 0 Å². The minimum atomic E-state index is -5.58. The topological polar surface area (TPSA) is 155 Å². The van der Waals surface area contributed by atoms with Crippen LogP contribution in [0.25, 0.3) is 0 Å². The summed E-state index contributed by atoms with van der Waals surface area (Å²) in [5, 5.41) is 2.59. The molecule has 1 aromatic heterocycles. The highest BCUT2D eigenvalue weighted by molar-refractivity contribution is 7.92. The number of hydrogen-bond acceptors (Lipinski definition) is 7. The first-order valence-corrected chi connectivity index (χ1v) is 12.9. The van der Waals surface area contributed by atoms with Gasteiger partial charge in [0.25, 0.3) is 26.0 Å². The van der Waals surface area contributed by atoms with E-state index in [1.54, 1.807) is 6.07 Å². The van der Waals surface area contributed by atoms with Crippen LogP contribution in [0.2, 0.25) is 0 Å². The second kappa shape index (κ2) is 8.17. The van der Waals surface area contributed by atoms with Crippen LogP contribution in [0.4, 0.5) is 29.3 Å². The summed E-state index contributed by atoms with van der Waals surface area (Å²) >= 11 is 0. The van der Waals surface area contributed by atoms with Crippen molar-refractivity contribution in [2.75, 3.05) is 16.7 Å². The zero-order valence-electron chi connectivity index (χ0n) is 17.8. The highest BCUT2D eigenvalue weighted by atomic mass is 32.2. The molecule has 1 saturated heterocycles. The Balaban J connectivity index is 1.53. The van der Waals surface area contributed by atoms with Gasteiger partial charge in [0, 0.05) is 13.2 Å². The van der Waals surface area contributed by atoms with E-state index in [0.717, 1.165) is 17.0 Å². The highest BCUT2D eigenvalue weighted by Gasteiger charge is 2.67. The van der Waals surface area contributed by atoms with Gasteiger partial charge in [-0.25, -0.2) is 22.8 Å². The molecule has 3 N–H and O–H groups in total. The van der Waals surface area contributed by atoms with E-state index in [2.05, 4.69) is 19.7 Å². The molecule has 3 amide bonds. The lowest BCUT2D eigenvalue weighted by atomic mass is 10.0. The molecule has 0 radical (unpaired) electrons. The zero-order valence-corrected chi connectivity index (χ0v) is 19.5. The van der Waals surface area contributed by atoms with E-state index in [-0.39, 0.29) is 24.2 Å². The van der Waals surface area contributed by atoms with Gasteiger partial charge in [-0.15, -0.1) is 0 Å². The number of urea groups is 1. The number of nitrogens with one attached hydrogen (secondary N) is 3. The number of aromatic nitrogens is 1. The van der Waals surface area contributed by atoms with Crippen LogP contribution in [-0.4, -0.2) is 51.9 Å². The van der Waals surface area contributed by atoms with Gasteiger partial charge in [0.1, 0.15) is 5.54 Å². The van der Waals surface area contributed by atoms with Crippen LogP contribution in [0.3, 0.4) is 0 Å². The van der Waals surface area contributed by atoms with E-state index in [9.17, 15) is 39.6 Å². The smallest absolute Gasteiger partial charge is 0.322 e. The lowest BCUT2D eigenvalue weighted by molar-refractivity contribution is -0.119. The summed E-state index contributed by atoms with van der Waals surface area (Å²) in [7, 11) is -8.18. The van der Waals surface area contributed by atoms with Crippen LogP contribution in [-0.2, 0) is 31.3 Å². The summed E-state index contributed by atoms with van der Waals surface area (Å²) < 4.78 is 89.5. The fourth-order valence-electron chi connectivity index (χ4n) is 3.88. The molecule has 11 nitrogen and oxygen atoms in total. The number of amides is 3. The molecule has 1 spiro atoms. The van der Waals surface area contributed by atoms with E-state index >= 15 is 0 Å². The third-order valence-corrected chi connectivity index (χ3v) is 8.35. The number of pyridine rings is 1. The Kier molecular flexibility index (Phi) is 5.80. The maximum Gasteiger partial charge on any atom is 0.501 e. The lowest BCUT2D eigenvalue weighted by Gasteiger charge is -2.15. The molecule has 16 heteroatoms. The standard InChI is InChI=1S/C19H18F3N5O6S2/c1-23-35(32,33)26-15-10-24-7-6-11(15)8-12-9-18(12)16(28)27(17(29)25-18)13-2-4-14(5-3-13)34(30,31)19(20,21)22/h2-7,10,12,23,26H,8-9H2,1H3,(H,25,29). The number of nitrogens with zero attached hydrogens (tertiary/aromatic N) is 2. The van der Waals surface area contributed by atoms with Gasteiger partial charge in [-0.3, -0.25) is 14.5 Å². The van der Waals surface area contributed by atoms with Gasteiger partial charge in [-0.1, -0.05) is 0 Å². The molecule has 35 heavy (non-hydrogen) atoms. The van der Waals surface area contributed by atoms with E-state index in [0.29, 0.717) is 17.7 Å². The molecule has 2 aliphatic rings. The Labute approximate surface area is 197 Å². The fourth-order valence-corrected chi connectivity index (χ4v) is 5.22. The van der Waals surface area contributed by atoms with Crippen molar-refractivity contribution >= 4 is 43.4 Å². The monoisotopic (exact) mass is 533 g/mol. The van der Waals surface area contributed by atoms with Crippen molar-refractivity contribution in [2.45, 2.75) is 28.8 Å². The van der Waals surface area contributed by atoms with Gasteiger partial charge in [0.15, 0.2) is 0 Å². The first-order chi connectivity index (χ1) is 16.2. The molecule has 2 heterocycles. The SMILES string of the molecule is CNS(=O)(=O)Nc1cnccc1CC1CC12NC(=O)N(c1ccc(S(=O)(=O)C(F)(F)F)cc1)C2=O. The fraction of sp³-hybridized carbons (Fsp3) is 0.316. The molecule has 2 aromatic rings. The van der Waals surface area contributed by atoms with Crippen molar-refractivity contribution in [3.63, 3.8) is 0 Å². The van der Waals surface area contributed by atoms with Crippen molar-refractivity contribution in [3.05, 3.63) is 48.3 Å². The van der Waals surface area contributed by atoms with Gasteiger partial charge in [-0.05, 0) is 54.7 Å². The number of hydrogen-bond donors (Lipinski definition) is 3. The maximum absolute atomic E-state index is 13.1. The van der Waals surface area contributed by atoms with Crippen LogP contribution in [0.5, 0.6) is 0 Å². The molecule has 2 atom stereocenters. The predicted molar refractivity (Wildman–Crippen MR) is 116 cm³/mol. The number of alkyl halides is 3. The van der Waals surface area contributed by atoms with Crippen molar-refractivity contribution in [3.8, 4) is 0 Å². The summed E-state index contributed by atoms with van der Waals surface area (Å²) in [5.74, 6) is -1.04. The van der Waals surface area contributed by atoms with Gasteiger partial charge in [0.2, 0.25) is 0 Å². The predicted octanol–water partition coefficient (Wildman–Crippen LogP) is 1.31. The van der Waals surface area contributed by atoms with Crippen molar-refractivity contribution in [1.82, 2.24) is 15.0 Å². The Morgan fingerprint density at radius 1 is 1.14 bits per heavy atom. The quantitative estimate of drug-likeness (QED) is 0.453. The van der Waals surface area contributed by atoms with E-state index in [1.165, 1.54) is 19.4 Å². The number of sulfone groups is 1. The Bertz CT molecular complexity index is 1410. The zero-order chi connectivity index (χ0) is 25.8. The summed E-state index contributed by atoms with van der Waals surface area (Å²) in [6, 6.07) is 3.99. The molecular formula is C19H18F3N5O6S2. The van der Waals surface area contributed by atoms with Gasteiger partial charge in [-0.2, -0.15) is 21.6 Å². The van der Waals surface area contributed by atoms with Gasteiger partial charge < -0.3 is 5.32 Å². The van der Waals surface area contributed by atoms with Crippen molar-refractivity contribution in [1.29, 1.82) is 0 Å². The van der Waals surface area contributed by atoms with Crippen molar-refractivity contribution in [2.24, 2.45) is 5.92 Å². The minimum absolute atomic E-state index is 0.0949. The maximum atomic E-state index is 13.1. The molecule has 2 unspecified atom stereocenters. The van der Waals surface area contributed by atoms with Crippen molar-refractivity contribution < 1.29 is 39.6 Å². The summed E-state index contributed by atoms with van der Waals surface area (Å²) in [6.45, 7) is 0. The normalized spacial score (nSPS) is 22.4. The first-order valence-electron chi connectivity index (χ1n) is 9.94. The summed E-state index contributed by atoms with van der Waals surface area (Å²) in [4.78, 5) is 29.3. The second-order valence-corrected chi connectivity index (χ2v) is 11.5. The average molecular weight is 534 g/mol. The summed E-state index contributed by atoms with van der Waals surface area (Å²) in [6.07, 6.45) is 3.21. The Morgan fingerprint density at radius 3 is 2.40 bits per heavy atom. The van der Waals surface area contributed by atoms with Gasteiger partial charge >= 0.3 is 11.5 Å². The van der Waals surface area contributed by atoms with Crippen LogP contribution < -0.4 is 19.7 Å². The molecule has 1 aliphatic heterocycles. The highest BCUT2D eigenvalue weighted by Crippen LogP contribution is 2.50. The molecule has 1 aromatic carbocycles. The number of carbonyl (C=O) groups is 2. The van der Waals surface area contributed by atoms with E-state index < -0.39 is 53.8 Å². The third kappa shape index (κ3) is 4.32. The molecule has 2 fully saturated rings. The number of halogens is 3. The second-order valence-electron chi connectivity index (χ2n) is 7.93. The molecular weight excluding hydrogens is 515 g/mol. The molecule has 4 rings (SSSR count). The molecule has 1 aliphatic carbocycles. The third-order valence-electron chi connectivity index (χ3n) is 5.82.